The Balaban J connectivity index is 3.50. The quantitative estimate of drug-likeness (QED) is 0.482. The Morgan fingerprint density at radius 2 is 1.79 bits per heavy atom. The highest BCUT2D eigenvalue weighted by atomic mass is 16.5. The van der Waals surface area contributed by atoms with Gasteiger partial charge in [-0.2, -0.15) is 0 Å². The minimum Gasteiger partial charge on any atom is -0.505 e. The number of allylic oxidation sites excluding steroid dienone is 1. The van der Waals surface area contributed by atoms with Gasteiger partial charge in [0.25, 0.3) is 0 Å². The van der Waals surface area contributed by atoms with Gasteiger partial charge in [0.2, 0.25) is 0 Å². The van der Waals surface area contributed by atoms with Crippen molar-refractivity contribution in [2.24, 2.45) is 5.41 Å². The van der Waals surface area contributed by atoms with Crippen LogP contribution in [0.1, 0.15) is 46.0 Å². The molecule has 0 aliphatic heterocycles. The van der Waals surface area contributed by atoms with Gasteiger partial charge in [0.15, 0.2) is 0 Å². The Morgan fingerprint density at radius 1 is 1.14 bits per heavy atom. The lowest BCUT2D eigenvalue weighted by Gasteiger charge is -2.19. The first kappa shape index (κ1) is 13.5. The number of methoxy groups -OCH3 is 1. The standard InChI is InChI=1S/C12H24O2/c1-12(2,9-11-14-3)8-6-4-5-7-10-13/h9,11,13H,4-8,10H2,1-3H3. The van der Waals surface area contributed by atoms with Gasteiger partial charge in [-0.05, 0) is 24.3 Å². The number of rotatable bonds is 8. The molecule has 0 aliphatic rings. The Morgan fingerprint density at radius 3 is 2.36 bits per heavy atom. The van der Waals surface area contributed by atoms with Crippen molar-refractivity contribution in [3.05, 3.63) is 12.3 Å². The zero-order valence-corrected chi connectivity index (χ0v) is 9.75. The van der Waals surface area contributed by atoms with Gasteiger partial charge >= 0.3 is 0 Å². The maximum absolute atomic E-state index is 8.61. The van der Waals surface area contributed by atoms with Crippen LogP contribution in [0.5, 0.6) is 0 Å². The fourth-order valence-corrected chi connectivity index (χ4v) is 1.38. The first-order valence-corrected chi connectivity index (χ1v) is 5.44. The summed E-state index contributed by atoms with van der Waals surface area (Å²) in [7, 11) is 1.67. The van der Waals surface area contributed by atoms with Crippen molar-refractivity contribution in [2.75, 3.05) is 13.7 Å². The van der Waals surface area contributed by atoms with Crippen molar-refractivity contribution < 1.29 is 9.84 Å². The van der Waals surface area contributed by atoms with E-state index in [4.69, 9.17) is 9.84 Å². The van der Waals surface area contributed by atoms with E-state index < -0.39 is 0 Å². The van der Waals surface area contributed by atoms with Crippen molar-refractivity contribution in [3.8, 4) is 0 Å². The maximum atomic E-state index is 8.61. The fraction of sp³-hybridized carbons (Fsp3) is 0.833. The second-order valence-electron chi connectivity index (χ2n) is 4.41. The summed E-state index contributed by atoms with van der Waals surface area (Å²) in [5.74, 6) is 0. The van der Waals surface area contributed by atoms with Crippen molar-refractivity contribution in [2.45, 2.75) is 46.0 Å². The van der Waals surface area contributed by atoms with Crippen LogP contribution in [0.4, 0.5) is 0 Å². The van der Waals surface area contributed by atoms with Crippen molar-refractivity contribution in [1.29, 1.82) is 0 Å². The topological polar surface area (TPSA) is 29.5 Å². The van der Waals surface area contributed by atoms with Gasteiger partial charge in [-0.3, -0.25) is 0 Å². The lowest BCUT2D eigenvalue weighted by atomic mass is 9.87. The van der Waals surface area contributed by atoms with Gasteiger partial charge in [0.1, 0.15) is 0 Å². The molecule has 0 unspecified atom stereocenters. The summed E-state index contributed by atoms with van der Waals surface area (Å²) in [4.78, 5) is 0. The highest BCUT2D eigenvalue weighted by Crippen LogP contribution is 2.25. The normalized spacial score (nSPS) is 12.3. The molecular formula is C12H24O2. The smallest absolute Gasteiger partial charge is 0.0790 e. The van der Waals surface area contributed by atoms with Crippen molar-refractivity contribution >= 4 is 0 Å². The van der Waals surface area contributed by atoms with Crippen LogP contribution in [0.15, 0.2) is 12.3 Å². The molecule has 1 N–H and O–H groups in total. The van der Waals surface area contributed by atoms with E-state index in [1.807, 2.05) is 0 Å². The summed E-state index contributed by atoms with van der Waals surface area (Å²) >= 11 is 0. The predicted octanol–water partition coefficient (Wildman–Crippen LogP) is 3.12. The Labute approximate surface area is 88.0 Å². The summed E-state index contributed by atoms with van der Waals surface area (Å²) < 4.78 is 4.91. The van der Waals surface area contributed by atoms with Crippen LogP contribution in [0.3, 0.4) is 0 Å². The average molecular weight is 200 g/mol. The number of aliphatic hydroxyl groups excluding tert-OH is 1. The molecule has 0 aromatic rings. The molecule has 0 aromatic heterocycles. The molecular weight excluding hydrogens is 176 g/mol. The third kappa shape index (κ3) is 8.11. The third-order valence-electron chi connectivity index (χ3n) is 2.38. The zero-order chi connectivity index (χ0) is 10.9. The lowest BCUT2D eigenvalue weighted by Crippen LogP contribution is -2.07. The minimum absolute atomic E-state index is 0.231. The Kier molecular flexibility index (Phi) is 7.58. The lowest BCUT2D eigenvalue weighted by molar-refractivity contribution is 0.280. The molecule has 0 spiro atoms. The molecule has 0 radical (unpaired) electrons. The molecule has 0 atom stereocenters. The summed E-state index contributed by atoms with van der Waals surface area (Å²) in [6.45, 7) is 4.76. The van der Waals surface area contributed by atoms with Gasteiger partial charge < -0.3 is 9.84 Å². The molecule has 2 nitrogen and oxygen atoms in total. The van der Waals surface area contributed by atoms with E-state index in [9.17, 15) is 0 Å². The molecule has 84 valence electrons. The zero-order valence-electron chi connectivity index (χ0n) is 9.75. The summed E-state index contributed by atoms with van der Waals surface area (Å²) in [5, 5.41) is 8.61. The van der Waals surface area contributed by atoms with Crippen LogP contribution in [-0.4, -0.2) is 18.8 Å². The molecule has 0 fully saturated rings. The first-order chi connectivity index (χ1) is 6.62. The molecule has 14 heavy (non-hydrogen) atoms. The molecule has 2 heteroatoms. The molecule has 0 saturated heterocycles. The van der Waals surface area contributed by atoms with E-state index in [-0.39, 0.29) is 5.41 Å². The average Bonchev–Trinajstić information content (AvgIpc) is 2.15. The summed E-state index contributed by atoms with van der Waals surface area (Å²) in [5.41, 5.74) is 0.231. The maximum Gasteiger partial charge on any atom is 0.0790 e. The largest absolute Gasteiger partial charge is 0.505 e. The minimum atomic E-state index is 0.231. The van der Waals surface area contributed by atoms with Gasteiger partial charge in [0, 0.05) is 6.61 Å². The van der Waals surface area contributed by atoms with Gasteiger partial charge in [-0.15, -0.1) is 0 Å². The fourth-order valence-electron chi connectivity index (χ4n) is 1.38. The second kappa shape index (κ2) is 7.86. The highest BCUT2D eigenvalue weighted by molar-refractivity contribution is 4.90. The van der Waals surface area contributed by atoms with Crippen molar-refractivity contribution in [3.63, 3.8) is 0 Å². The van der Waals surface area contributed by atoms with E-state index in [0.717, 1.165) is 12.8 Å². The van der Waals surface area contributed by atoms with E-state index >= 15 is 0 Å². The van der Waals surface area contributed by atoms with Crippen molar-refractivity contribution in [1.82, 2.24) is 0 Å². The molecule has 0 rings (SSSR count). The number of aliphatic hydroxyl groups is 1. The van der Waals surface area contributed by atoms with Crippen LogP contribution in [0.2, 0.25) is 0 Å². The molecule has 0 aromatic carbocycles. The monoisotopic (exact) mass is 200 g/mol. The van der Waals surface area contributed by atoms with Gasteiger partial charge in [-0.1, -0.05) is 33.1 Å². The second-order valence-corrected chi connectivity index (χ2v) is 4.41. The van der Waals surface area contributed by atoms with E-state index in [1.54, 1.807) is 13.4 Å². The Bertz CT molecular complexity index is 150. The van der Waals surface area contributed by atoms with E-state index in [2.05, 4.69) is 19.9 Å². The highest BCUT2D eigenvalue weighted by Gasteiger charge is 2.12. The van der Waals surface area contributed by atoms with Crippen LogP contribution < -0.4 is 0 Å². The summed E-state index contributed by atoms with van der Waals surface area (Å²) in [6.07, 6.45) is 9.56. The molecule has 0 bridgehead atoms. The Hall–Kier alpha value is -0.500. The summed E-state index contributed by atoms with van der Waals surface area (Å²) in [6, 6.07) is 0. The molecule has 0 aliphatic carbocycles. The van der Waals surface area contributed by atoms with Gasteiger partial charge in [-0.25, -0.2) is 0 Å². The first-order valence-electron chi connectivity index (χ1n) is 5.44. The number of hydrogen-bond acceptors (Lipinski definition) is 2. The van der Waals surface area contributed by atoms with Crippen LogP contribution in [0.25, 0.3) is 0 Å². The molecule has 0 amide bonds. The molecule has 0 heterocycles. The third-order valence-corrected chi connectivity index (χ3v) is 2.38. The number of ether oxygens (including phenoxy) is 1. The van der Waals surface area contributed by atoms with E-state index in [1.165, 1.54) is 19.3 Å². The SMILES string of the molecule is COC=CC(C)(C)CCCCCCO. The number of unbranched alkanes of at least 4 members (excludes halogenated alkanes) is 3. The predicted molar refractivity (Wildman–Crippen MR) is 60.1 cm³/mol. The van der Waals surface area contributed by atoms with Crippen LogP contribution in [-0.2, 0) is 4.74 Å². The van der Waals surface area contributed by atoms with Crippen LogP contribution >= 0.6 is 0 Å². The van der Waals surface area contributed by atoms with Crippen LogP contribution in [0, 0.1) is 5.41 Å². The molecule has 0 saturated carbocycles. The van der Waals surface area contributed by atoms with E-state index in [0.29, 0.717) is 6.61 Å². The van der Waals surface area contributed by atoms with Gasteiger partial charge in [0.05, 0.1) is 13.4 Å². The number of hydrogen-bond donors (Lipinski definition) is 1.